The standard InChI is InChI=1S/C19H25N3O5S/c1-4-26-11-5-10-22(12-17-21-16(13-27-17)18(23)25-2)19(24)20-14-6-8-15(28-3)9-7-14/h6-9,13H,4-5,10-12H2,1-3H3,(H,20,24). The molecule has 0 spiro atoms. The van der Waals surface area contributed by atoms with Gasteiger partial charge in [-0.05, 0) is 43.9 Å². The number of rotatable bonds is 10. The number of ether oxygens (including phenoxy) is 2. The van der Waals surface area contributed by atoms with Gasteiger partial charge in [0.15, 0.2) is 5.69 Å². The fourth-order valence-electron chi connectivity index (χ4n) is 2.38. The van der Waals surface area contributed by atoms with Crippen LogP contribution in [0, 0.1) is 0 Å². The molecule has 1 aromatic heterocycles. The zero-order chi connectivity index (χ0) is 20.4. The molecular weight excluding hydrogens is 382 g/mol. The highest BCUT2D eigenvalue weighted by atomic mass is 32.2. The molecule has 2 aromatic rings. The number of benzene rings is 1. The van der Waals surface area contributed by atoms with Crippen molar-refractivity contribution < 1.29 is 23.5 Å². The van der Waals surface area contributed by atoms with E-state index in [9.17, 15) is 9.59 Å². The second kappa shape index (κ2) is 11.4. The predicted molar refractivity (Wildman–Crippen MR) is 107 cm³/mol. The molecule has 2 amide bonds. The van der Waals surface area contributed by atoms with E-state index in [2.05, 4.69) is 15.0 Å². The van der Waals surface area contributed by atoms with Crippen molar-refractivity contribution >= 4 is 29.4 Å². The van der Waals surface area contributed by atoms with E-state index in [1.165, 1.54) is 13.4 Å². The van der Waals surface area contributed by atoms with Crippen LogP contribution < -0.4 is 5.32 Å². The Morgan fingerprint density at radius 2 is 2.04 bits per heavy atom. The van der Waals surface area contributed by atoms with Crippen LogP contribution in [0.2, 0.25) is 0 Å². The van der Waals surface area contributed by atoms with Crippen molar-refractivity contribution in [2.24, 2.45) is 0 Å². The van der Waals surface area contributed by atoms with Crippen molar-refractivity contribution in [1.82, 2.24) is 9.88 Å². The van der Waals surface area contributed by atoms with E-state index in [-0.39, 0.29) is 24.2 Å². The van der Waals surface area contributed by atoms with Crippen LogP contribution in [0.25, 0.3) is 0 Å². The summed E-state index contributed by atoms with van der Waals surface area (Å²) >= 11 is 1.63. The molecular formula is C19H25N3O5S. The molecule has 28 heavy (non-hydrogen) atoms. The lowest BCUT2D eigenvalue weighted by atomic mass is 10.3. The van der Waals surface area contributed by atoms with E-state index in [4.69, 9.17) is 9.15 Å². The van der Waals surface area contributed by atoms with Gasteiger partial charge < -0.3 is 24.1 Å². The van der Waals surface area contributed by atoms with Crippen LogP contribution in [0.15, 0.2) is 39.8 Å². The highest BCUT2D eigenvalue weighted by Crippen LogP contribution is 2.18. The van der Waals surface area contributed by atoms with Crippen molar-refractivity contribution in [2.75, 3.05) is 38.4 Å². The molecule has 1 aromatic carbocycles. The second-order valence-electron chi connectivity index (χ2n) is 5.75. The van der Waals surface area contributed by atoms with Crippen LogP contribution in [0.1, 0.15) is 29.7 Å². The van der Waals surface area contributed by atoms with Gasteiger partial charge in [-0.15, -0.1) is 11.8 Å². The van der Waals surface area contributed by atoms with Crippen LogP contribution >= 0.6 is 11.8 Å². The first-order valence-corrected chi connectivity index (χ1v) is 10.1. The maximum absolute atomic E-state index is 12.7. The zero-order valence-electron chi connectivity index (χ0n) is 16.3. The number of anilines is 1. The number of thioether (sulfide) groups is 1. The highest BCUT2D eigenvalue weighted by molar-refractivity contribution is 7.98. The van der Waals surface area contributed by atoms with Gasteiger partial charge >= 0.3 is 12.0 Å². The van der Waals surface area contributed by atoms with E-state index in [1.54, 1.807) is 16.7 Å². The average molecular weight is 407 g/mol. The Morgan fingerprint density at radius 1 is 1.29 bits per heavy atom. The lowest BCUT2D eigenvalue weighted by Gasteiger charge is -2.21. The summed E-state index contributed by atoms with van der Waals surface area (Å²) in [4.78, 5) is 31.0. The third kappa shape index (κ3) is 6.58. The van der Waals surface area contributed by atoms with Gasteiger partial charge in [-0.3, -0.25) is 0 Å². The fraction of sp³-hybridized carbons (Fsp3) is 0.421. The normalized spacial score (nSPS) is 10.5. The number of carbonyl (C=O) groups excluding carboxylic acids is 2. The van der Waals surface area contributed by atoms with Crippen molar-refractivity contribution in [2.45, 2.75) is 24.8 Å². The second-order valence-corrected chi connectivity index (χ2v) is 6.63. The number of nitrogens with zero attached hydrogens (tertiary/aromatic N) is 2. The zero-order valence-corrected chi connectivity index (χ0v) is 17.1. The molecule has 0 unspecified atom stereocenters. The van der Waals surface area contributed by atoms with Crippen LogP contribution in [0.5, 0.6) is 0 Å². The first-order chi connectivity index (χ1) is 13.6. The Morgan fingerprint density at radius 3 is 2.68 bits per heavy atom. The van der Waals surface area contributed by atoms with Gasteiger partial charge in [-0.1, -0.05) is 0 Å². The Balaban J connectivity index is 2.04. The summed E-state index contributed by atoms with van der Waals surface area (Å²) in [5.41, 5.74) is 0.764. The van der Waals surface area contributed by atoms with Gasteiger partial charge in [0.2, 0.25) is 5.89 Å². The van der Waals surface area contributed by atoms with Crippen LogP contribution in [0.3, 0.4) is 0 Å². The lowest BCUT2D eigenvalue weighted by Crippen LogP contribution is -2.35. The molecule has 1 N–H and O–H groups in total. The van der Waals surface area contributed by atoms with E-state index in [1.807, 2.05) is 37.4 Å². The molecule has 0 saturated carbocycles. The minimum atomic E-state index is -0.587. The largest absolute Gasteiger partial charge is 0.464 e. The third-order valence-corrected chi connectivity index (χ3v) is 4.57. The Hall–Kier alpha value is -2.52. The van der Waals surface area contributed by atoms with E-state index in [0.29, 0.717) is 31.9 Å². The maximum atomic E-state index is 12.7. The van der Waals surface area contributed by atoms with E-state index < -0.39 is 5.97 Å². The van der Waals surface area contributed by atoms with E-state index in [0.717, 1.165) is 4.90 Å². The molecule has 0 saturated heterocycles. The molecule has 9 heteroatoms. The SMILES string of the molecule is CCOCCCN(Cc1nc(C(=O)OC)co1)C(=O)Nc1ccc(SC)cc1. The number of nitrogens with one attached hydrogen (secondary N) is 1. The third-order valence-electron chi connectivity index (χ3n) is 3.82. The summed E-state index contributed by atoms with van der Waals surface area (Å²) in [6, 6.07) is 7.30. The average Bonchev–Trinajstić information content (AvgIpc) is 3.18. The van der Waals surface area contributed by atoms with Crippen molar-refractivity contribution in [3.8, 4) is 0 Å². The molecule has 0 aliphatic heterocycles. The summed E-state index contributed by atoms with van der Waals surface area (Å²) in [7, 11) is 1.27. The number of oxazole rings is 1. The Labute approximate surface area is 168 Å². The minimum Gasteiger partial charge on any atom is -0.464 e. The maximum Gasteiger partial charge on any atom is 0.360 e. The molecule has 0 fully saturated rings. The molecule has 0 aliphatic carbocycles. The number of methoxy groups -OCH3 is 1. The van der Waals surface area contributed by atoms with Gasteiger partial charge in [-0.25, -0.2) is 14.6 Å². The minimum absolute atomic E-state index is 0.0693. The Bertz CT molecular complexity index is 763. The molecule has 2 rings (SSSR count). The van der Waals surface area contributed by atoms with Gasteiger partial charge in [0.05, 0.1) is 13.7 Å². The number of urea groups is 1. The number of amides is 2. The van der Waals surface area contributed by atoms with Gasteiger partial charge in [-0.2, -0.15) is 0 Å². The molecule has 1 heterocycles. The lowest BCUT2D eigenvalue weighted by molar-refractivity contribution is 0.0594. The number of carbonyl (C=O) groups is 2. The van der Waals surface area contributed by atoms with Crippen LogP contribution in [0.4, 0.5) is 10.5 Å². The predicted octanol–water partition coefficient (Wildman–Crippen LogP) is 3.64. The van der Waals surface area contributed by atoms with Crippen LogP contribution in [-0.2, 0) is 16.0 Å². The summed E-state index contributed by atoms with van der Waals surface area (Å²) < 4.78 is 15.3. The summed E-state index contributed by atoms with van der Waals surface area (Å²) in [5.74, 6) is -0.332. The molecule has 0 bridgehead atoms. The van der Waals surface area contributed by atoms with Gasteiger partial charge in [0.1, 0.15) is 6.26 Å². The molecule has 0 radical (unpaired) electrons. The Kier molecular flexibility index (Phi) is 8.83. The summed E-state index contributed by atoms with van der Waals surface area (Å²) in [5, 5.41) is 2.87. The first-order valence-electron chi connectivity index (χ1n) is 8.87. The monoisotopic (exact) mass is 407 g/mol. The number of esters is 1. The van der Waals surface area contributed by atoms with Gasteiger partial charge in [0, 0.05) is 30.3 Å². The highest BCUT2D eigenvalue weighted by Gasteiger charge is 2.19. The number of hydrogen-bond donors (Lipinski definition) is 1. The topological polar surface area (TPSA) is 93.9 Å². The smallest absolute Gasteiger partial charge is 0.360 e. The molecule has 0 aliphatic rings. The van der Waals surface area contributed by atoms with Crippen molar-refractivity contribution in [3.63, 3.8) is 0 Å². The van der Waals surface area contributed by atoms with Crippen molar-refractivity contribution in [1.29, 1.82) is 0 Å². The molecule has 8 nitrogen and oxygen atoms in total. The summed E-state index contributed by atoms with van der Waals surface area (Å²) in [6.45, 7) is 3.66. The quantitative estimate of drug-likeness (QED) is 0.365. The number of hydrogen-bond acceptors (Lipinski definition) is 7. The summed E-state index contributed by atoms with van der Waals surface area (Å²) in [6.07, 6.45) is 3.88. The number of aromatic nitrogens is 1. The van der Waals surface area contributed by atoms with E-state index >= 15 is 0 Å². The van der Waals surface area contributed by atoms with Crippen molar-refractivity contribution in [3.05, 3.63) is 42.1 Å². The fourth-order valence-corrected chi connectivity index (χ4v) is 2.78. The molecule has 152 valence electrons. The van der Waals surface area contributed by atoms with Crippen LogP contribution in [-0.4, -0.2) is 55.0 Å². The van der Waals surface area contributed by atoms with Gasteiger partial charge in [0.25, 0.3) is 0 Å². The molecule has 0 atom stereocenters. The first kappa shape index (κ1) is 21.8.